The molecular formula is C22H42N6O2. The zero-order chi connectivity index (χ0) is 22.7. The summed E-state index contributed by atoms with van der Waals surface area (Å²) in [7, 11) is 3.76. The summed E-state index contributed by atoms with van der Waals surface area (Å²) in [6.45, 7) is 13.2. The van der Waals surface area contributed by atoms with Gasteiger partial charge >= 0.3 is 6.09 Å². The van der Waals surface area contributed by atoms with Crippen LogP contribution in [0.4, 0.5) is 4.79 Å². The van der Waals surface area contributed by atoms with E-state index in [1.165, 1.54) is 11.3 Å². The summed E-state index contributed by atoms with van der Waals surface area (Å²) < 4.78 is 7.32. The molecule has 1 heterocycles. The van der Waals surface area contributed by atoms with E-state index < -0.39 is 11.7 Å². The van der Waals surface area contributed by atoms with Crippen molar-refractivity contribution in [3.63, 3.8) is 0 Å². The van der Waals surface area contributed by atoms with E-state index in [2.05, 4.69) is 46.8 Å². The van der Waals surface area contributed by atoms with Gasteiger partial charge in [-0.3, -0.25) is 9.67 Å². The number of carbonyl (C=O) groups excluding carboxylic acids is 1. The standard InChI is InChI=1S/C22H42N6O2/c1-9-12-13-16(14-25-21(29)30-22(4,5)6)26-20(23-7)24-15-17-18(10-2)27-28(8)19(17)11-3/h16H,9-15H2,1-8H3,(H,25,29)(H2,23,24,26). The van der Waals surface area contributed by atoms with Gasteiger partial charge in [-0.25, -0.2) is 4.79 Å². The predicted molar refractivity (Wildman–Crippen MR) is 123 cm³/mol. The van der Waals surface area contributed by atoms with Crippen LogP contribution in [0.3, 0.4) is 0 Å². The number of nitrogens with one attached hydrogen (secondary N) is 3. The third-order valence-corrected chi connectivity index (χ3v) is 4.82. The second-order valence-corrected chi connectivity index (χ2v) is 8.49. The maximum atomic E-state index is 12.0. The molecule has 1 atom stereocenters. The molecule has 0 saturated carbocycles. The Hall–Kier alpha value is -2.25. The number of alkyl carbamates (subject to hydrolysis) is 1. The number of ether oxygens (including phenoxy) is 1. The summed E-state index contributed by atoms with van der Waals surface area (Å²) in [6.07, 6.45) is 4.52. The summed E-state index contributed by atoms with van der Waals surface area (Å²) >= 11 is 0. The van der Waals surface area contributed by atoms with Crippen molar-refractivity contribution >= 4 is 12.1 Å². The maximum absolute atomic E-state index is 12.0. The molecule has 0 bridgehead atoms. The van der Waals surface area contributed by atoms with Crippen LogP contribution in [0.5, 0.6) is 0 Å². The lowest BCUT2D eigenvalue weighted by Crippen LogP contribution is -2.48. The van der Waals surface area contributed by atoms with Crippen molar-refractivity contribution in [1.29, 1.82) is 0 Å². The van der Waals surface area contributed by atoms with E-state index in [9.17, 15) is 4.79 Å². The summed E-state index contributed by atoms with van der Waals surface area (Å²) in [4.78, 5) is 16.4. The normalized spacial score (nSPS) is 13.1. The van der Waals surface area contributed by atoms with Crippen molar-refractivity contribution in [1.82, 2.24) is 25.7 Å². The fraction of sp³-hybridized carbons (Fsp3) is 0.773. The molecule has 1 aromatic rings. The third-order valence-electron chi connectivity index (χ3n) is 4.82. The van der Waals surface area contributed by atoms with Crippen LogP contribution >= 0.6 is 0 Å². The number of aryl methyl sites for hydroxylation is 2. The van der Waals surface area contributed by atoms with E-state index in [-0.39, 0.29) is 6.04 Å². The highest BCUT2D eigenvalue weighted by atomic mass is 16.6. The van der Waals surface area contributed by atoms with E-state index in [1.54, 1.807) is 7.05 Å². The quantitative estimate of drug-likeness (QED) is 0.397. The topological polar surface area (TPSA) is 92.6 Å². The monoisotopic (exact) mass is 422 g/mol. The van der Waals surface area contributed by atoms with E-state index in [0.29, 0.717) is 13.1 Å². The SMILES string of the molecule is CCCCC(CNC(=O)OC(C)(C)C)NC(=NC)NCc1c(CC)nn(C)c1CC. The van der Waals surface area contributed by atoms with Crippen LogP contribution in [0, 0.1) is 0 Å². The molecule has 0 aliphatic rings. The summed E-state index contributed by atoms with van der Waals surface area (Å²) in [5.41, 5.74) is 3.09. The molecule has 0 aliphatic heterocycles. The lowest BCUT2D eigenvalue weighted by atomic mass is 10.1. The number of aromatic nitrogens is 2. The minimum Gasteiger partial charge on any atom is -0.444 e. The Morgan fingerprint density at radius 3 is 2.43 bits per heavy atom. The van der Waals surface area contributed by atoms with E-state index in [4.69, 9.17) is 4.74 Å². The summed E-state index contributed by atoms with van der Waals surface area (Å²) in [5, 5.41) is 14.4. The highest BCUT2D eigenvalue weighted by Gasteiger charge is 2.19. The van der Waals surface area contributed by atoms with Crippen molar-refractivity contribution in [2.45, 2.75) is 91.8 Å². The molecule has 1 aromatic heterocycles. The first kappa shape index (κ1) is 25.8. The van der Waals surface area contributed by atoms with Crippen LogP contribution in [-0.2, 0) is 31.2 Å². The van der Waals surface area contributed by atoms with Gasteiger partial charge in [-0.05, 0) is 40.0 Å². The van der Waals surface area contributed by atoms with Crippen LogP contribution in [-0.4, -0.2) is 47.1 Å². The van der Waals surface area contributed by atoms with Crippen LogP contribution in [0.15, 0.2) is 4.99 Å². The lowest BCUT2D eigenvalue weighted by Gasteiger charge is -2.24. The van der Waals surface area contributed by atoms with Gasteiger partial charge in [0.05, 0.1) is 5.69 Å². The zero-order valence-corrected chi connectivity index (χ0v) is 20.2. The Bertz CT molecular complexity index is 691. The van der Waals surface area contributed by atoms with Gasteiger partial charge in [0.1, 0.15) is 5.60 Å². The first-order chi connectivity index (χ1) is 14.1. The largest absolute Gasteiger partial charge is 0.444 e. The highest BCUT2D eigenvalue weighted by molar-refractivity contribution is 5.80. The van der Waals surface area contributed by atoms with Gasteiger partial charge in [-0.1, -0.05) is 33.6 Å². The molecule has 0 radical (unpaired) electrons. The molecule has 8 nitrogen and oxygen atoms in total. The second kappa shape index (κ2) is 12.4. The Morgan fingerprint density at radius 1 is 1.20 bits per heavy atom. The summed E-state index contributed by atoms with van der Waals surface area (Å²) in [6, 6.07) is 0.0638. The first-order valence-electron chi connectivity index (χ1n) is 11.1. The first-order valence-corrected chi connectivity index (χ1v) is 11.1. The van der Waals surface area contributed by atoms with Gasteiger partial charge in [0.15, 0.2) is 5.96 Å². The average molecular weight is 423 g/mol. The van der Waals surface area contributed by atoms with Crippen molar-refractivity contribution in [2.75, 3.05) is 13.6 Å². The molecule has 0 saturated heterocycles. The van der Waals surface area contributed by atoms with Gasteiger partial charge in [-0.2, -0.15) is 5.10 Å². The minimum absolute atomic E-state index is 0.0638. The second-order valence-electron chi connectivity index (χ2n) is 8.49. The van der Waals surface area contributed by atoms with E-state index in [0.717, 1.165) is 43.8 Å². The third kappa shape index (κ3) is 8.63. The van der Waals surface area contributed by atoms with Crippen molar-refractivity contribution < 1.29 is 9.53 Å². The van der Waals surface area contributed by atoms with Gasteiger partial charge < -0.3 is 20.7 Å². The fourth-order valence-electron chi connectivity index (χ4n) is 3.35. The molecule has 8 heteroatoms. The molecule has 0 fully saturated rings. The number of nitrogens with zero attached hydrogens (tertiary/aromatic N) is 3. The number of rotatable bonds is 10. The Labute approximate surface area is 182 Å². The Morgan fingerprint density at radius 2 is 1.90 bits per heavy atom. The zero-order valence-electron chi connectivity index (χ0n) is 20.2. The molecule has 0 aliphatic carbocycles. The Balaban J connectivity index is 2.74. The smallest absolute Gasteiger partial charge is 0.407 e. The molecule has 172 valence electrons. The molecule has 1 unspecified atom stereocenters. The van der Waals surface area contributed by atoms with Crippen LogP contribution in [0.2, 0.25) is 0 Å². The van der Waals surface area contributed by atoms with Crippen LogP contribution in [0.1, 0.15) is 77.8 Å². The molecule has 0 spiro atoms. The number of unbranched alkanes of at least 4 members (excludes halogenated alkanes) is 1. The van der Waals surface area contributed by atoms with Crippen molar-refractivity contribution in [2.24, 2.45) is 12.0 Å². The number of hydrogen-bond donors (Lipinski definition) is 3. The molecular weight excluding hydrogens is 380 g/mol. The van der Waals surface area contributed by atoms with Crippen molar-refractivity contribution in [3.05, 3.63) is 17.0 Å². The highest BCUT2D eigenvalue weighted by Crippen LogP contribution is 2.15. The van der Waals surface area contributed by atoms with Gasteiger partial charge in [-0.15, -0.1) is 0 Å². The molecule has 1 amide bonds. The number of guanidine groups is 1. The molecule has 3 N–H and O–H groups in total. The number of aliphatic imine (C=N–C) groups is 1. The maximum Gasteiger partial charge on any atom is 0.407 e. The Kier molecular flexibility index (Phi) is 10.7. The minimum atomic E-state index is -0.508. The van der Waals surface area contributed by atoms with Gasteiger partial charge in [0, 0.05) is 44.5 Å². The van der Waals surface area contributed by atoms with E-state index in [1.807, 2.05) is 32.5 Å². The molecule has 30 heavy (non-hydrogen) atoms. The van der Waals surface area contributed by atoms with Crippen LogP contribution in [0.25, 0.3) is 0 Å². The van der Waals surface area contributed by atoms with Gasteiger partial charge in [0.2, 0.25) is 0 Å². The average Bonchev–Trinajstić information content (AvgIpc) is 2.99. The van der Waals surface area contributed by atoms with Crippen molar-refractivity contribution in [3.8, 4) is 0 Å². The molecule has 1 rings (SSSR count). The molecule has 0 aromatic carbocycles. The lowest BCUT2D eigenvalue weighted by molar-refractivity contribution is 0.0523. The summed E-state index contributed by atoms with van der Waals surface area (Å²) in [5.74, 6) is 0.718. The fourth-order valence-corrected chi connectivity index (χ4v) is 3.35. The number of carbonyl (C=O) groups is 1. The number of hydrogen-bond acceptors (Lipinski definition) is 4. The number of amides is 1. The van der Waals surface area contributed by atoms with Gasteiger partial charge in [0.25, 0.3) is 0 Å². The predicted octanol–water partition coefficient (Wildman–Crippen LogP) is 3.29. The van der Waals surface area contributed by atoms with E-state index >= 15 is 0 Å². The van der Waals surface area contributed by atoms with Crippen LogP contribution < -0.4 is 16.0 Å².